The van der Waals surface area contributed by atoms with Crippen LogP contribution in [0.3, 0.4) is 0 Å². The zero-order valence-electron chi connectivity index (χ0n) is 14.1. The molecule has 132 valence electrons. The summed E-state index contributed by atoms with van der Waals surface area (Å²) in [5.74, 6) is 0.822. The number of aromatic nitrogens is 4. The number of phenolic OH excluding ortho intramolecular Hbond substituents is 1. The quantitative estimate of drug-likeness (QED) is 0.378. The van der Waals surface area contributed by atoms with Gasteiger partial charge in [-0.1, -0.05) is 6.07 Å². The molecule has 1 aromatic carbocycles. The van der Waals surface area contributed by atoms with Gasteiger partial charge in [-0.15, -0.1) is 11.3 Å². The molecule has 3 aromatic heterocycles. The smallest absolute Gasteiger partial charge is 0.165 e. The van der Waals surface area contributed by atoms with Crippen LogP contribution in [-0.4, -0.2) is 30.4 Å². The molecule has 0 saturated heterocycles. The van der Waals surface area contributed by atoms with Gasteiger partial charge in [-0.25, -0.2) is 9.97 Å². The number of thiophene rings is 1. The van der Waals surface area contributed by atoms with Crippen molar-refractivity contribution in [1.29, 1.82) is 0 Å². The van der Waals surface area contributed by atoms with E-state index < -0.39 is 0 Å². The number of H-pyrrole nitrogens is 1. The lowest BCUT2D eigenvalue weighted by atomic mass is 10.0. The molecule has 0 radical (unpaired) electrons. The highest BCUT2D eigenvalue weighted by Crippen LogP contribution is 2.31. The number of unbranched alkanes of at least 4 members (excludes halogenated alkanes) is 1. The molecule has 0 aliphatic rings. The van der Waals surface area contributed by atoms with Crippen LogP contribution in [0.5, 0.6) is 5.75 Å². The van der Waals surface area contributed by atoms with Crippen molar-refractivity contribution in [2.45, 2.75) is 25.8 Å². The number of imidazole rings is 2. The minimum Gasteiger partial charge on any atom is -0.506 e. The third kappa shape index (κ3) is 3.25. The third-order valence-electron chi connectivity index (χ3n) is 4.31. The van der Waals surface area contributed by atoms with Gasteiger partial charge in [0.15, 0.2) is 5.78 Å². The molecule has 7 heteroatoms. The number of phenols is 1. The van der Waals surface area contributed by atoms with E-state index in [0.29, 0.717) is 28.8 Å². The molecule has 6 nitrogen and oxygen atoms in total. The standard InChI is InChI=1S/C19H18N4O2S/c24-14(4-1-2-9-23-10-8-20-12-23)13-6-7-15(25)18-17(13)21-19(22-18)16-5-3-11-26-16/h3,5-8,10-12,25H,1-2,4,9H2,(H,21,22). The number of rotatable bonds is 7. The lowest BCUT2D eigenvalue weighted by molar-refractivity contribution is 0.0980. The number of carbonyl (C=O) groups is 1. The second kappa shape index (κ2) is 7.13. The Morgan fingerprint density at radius 1 is 1.27 bits per heavy atom. The summed E-state index contributed by atoms with van der Waals surface area (Å²) < 4.78 is 2.00. The fourth-order valence-electron chi connectivity index (χ4n) is 2.97. The number of aromatic hydroxyl groups is 1. The monoisotopic (exact) mass is 366 g/mol. The maximum Gasteiger partial charge on any atom is 0.165 e. The number of benzene rings is 1. The number of hydrogen-bond acceptors (Lipinski definition) is 5. The first-order chi connectivity index (χ1) is 12.7. The molecule has 0 fully saturated rings. The highest BCUT2D eigenvalue weighted by molar-refractivity contribution is 7.13. The van der Waals surface area contributed by atoms with E-state index in [1.807, 2.05) is 28.3 Å². The van der Waals surface area contributed by atoms with Crippen LogP contribution in [0, 0.1) is 0 Å². The molecule has 0 spiro atoms. The van der Waals surface area contributed by atoms with Crippen LogP contribution < -0.4 is 0 Å². The molecule has 0 saturated carbocycles. The summed E-state index contributed by atoms with van der Waals surface area (Å²) in [6.45, 7) is 0.850. The third-order valence-corrected chi connectivity index (χ3v) is 5.18. The van der Waals surface area contributed by atoms with Crippen molar-refractivity contribution in [2.24, 2.45) is 0 Å². The lowest BCUT2D eigenvalue weighted by Gasteiger charge is -2.04. The van der Waals surface area contributed by atoms with Crippen LogP contribution in [0.2, 0.25) is 0 Å². The van der Waals surface area contributed by atoms with E-state index in [4.69, 9.17) is 0 Å². The van der Waals surface area contributed by atoms with Gasteiger partial charge in [0.2, 0.25) is 0 Å². The molecule has 2 N–H and O–H groups in total. The van der Waals surface area contributed by atoms with Crippen LogP contribution in [0.15, 0.2) is 48.4 Å². The Balaban J connectivity index is 1.51. The van der Waals surface area contributed by atoms with Crippen molar-refractivity contribution in [3.05, 3.63) is 53.9 Å². The topological polar surface area (TPSA) is 83.8 Å². The molecule has 0 amide bonds. The molecule has 0 aliphatic carbocycles. The SMILES string of the molecule is O=C(CCCCn1ccnc1)c1ccc(O)c2[nH]c(-c3cccs3)nc12. The molecule has 0 unspecified atom stereocenters. The molecule has 0 bridgehead atoms. The van der Waals surface area contributed by atoms with Gasteiger partial charge in [0.05, 0.1) is 11.2 Å². The molecular weight excluding hydrogens is 348 g/mol. The van der Waals surface area contributed by atoms with E-state index >= 15 is 0 Å². The van der Waals surface area contributed by atoms with E-state index in [1.54, 1.807) is 36.0 Å². The van der Waals surface area contributed by atoms with E-state index in [-0.39, 0.29) is 11.5 Å². The second-order valence-corrected chi connectivity index (χ2v) is 7.05. The number of hydrogen-bond donors (Lipinski definition) is 2. The number of carbonyl (C=O) groups excluding carboxylic acids is 1. The van der Waals surface area contributed by atoms with Crippen molar-refractivity contribution >= 4 is 28.2 Å². The highest BCUT2D eigenvalue weighted by Gasteiger charge is 2.17. The van der Waals surface area contributed by atoms with Gasteiger partial charge in [0, 0.05) is 30.9 Å². The Kier molecular flexibility index (Phi) is 4.53. The highest BCUT2D eigenvalue weighted by atomic mass is 32.1. The first-order valence-corrected chi connectivity index (χ1v) is 9.35. The van der Waals surface area contributed by atoms with Crippen molar-refractivity contribution < 1.29 is 9.90 Å². The zero-order valence-corrected chi connectivity index (χ0v) is 14.9. The zero-order chi connectivity index (χ0) is 17.9. The van der Waals surface area contributed by atoms with Gasteiger partial charge < -0.3 is 14.7 Å². The summed E-state index contributed by atoms with van der Waals surface area (Å²) in [5.41, 5.74) is 1.60. The summed E-state index contributed by atoms with van der Waals surface area (Å²) in [6, 6.07) is 7.11. The number of nitrogens with one attached hydrogen (secondary N) is 1. The first kappa shape index (κ1) is 16.5. The average Bonchev–Trinajstić information content (AvgIpc) is 3.39. The van der Waals surface area contributed by atoms with Crippen LogP contribution in [-0.2, 0) is 6.54 Å². The van der Waals surface area contributed by atoms with E-state index in [0.717, 1.165) is 24.3 Å². The van der Waals surface area contributed by atoms with E-state index in [2.05, 4.69) is 15.0 Å². The molecule has 4 aromatic rings. The Morgan fingerprint density at radius 2 is 2.19 bits per heavy atom. The largest absolute Gasteiger partial charge is 0.506 e. The van der Waals surface area contributed by atoms with Gasteiger partial charge in [0.25, 0.3) is 0 Å². The fourth-order valence-corrected chi connectivity index (χ4v) is 3.64. The summed E-state index contributed by atoms with van der Waals surface area (Å²) in [7, 11) is 0. The van der Waals surface area contributed by atoms with Gasteiger partial charge >= 0.3 is 0 Å². The maximum atomic E-state index is 12.7. The lowest BCUT2D eigenvalue weighted by Crippen LogP contribution is -2.02. The van der Waals surface area contributed by atoms with Crippen LogP contribution in [0.25, 0.3) is 21.7 Å². The molecule has 26 heavy (non-hydrogen) atoms. The molecule has 0 aliphatic heterocycles. The first-order valence-electron chi connectivity index (χ1n) is 8.47. The van der Waals surface area contributed by atoms with E-state index in [1.165, 1.54) is 0 Å². The van der Waals surface area contributed by atoms with Crippen LogP contribution in [0.4, 0.5) is 0 Å². The van der Waals surface area contributed by atoms with Crippen molar-refractivity contribution in [3.8, 4) is 16.5 Å². The Morgan fingerprint density at radius 3 is 2.96 bits per heavy atom. The molecule has 4 rings (SSSR count). The molecule has 3 heterocycles. The number of aromatic amines is 1. The van der Waals surface area contributed by atoms with E-state index in [9.17, 15) is 9.90 Å². The number of aryl methyl sites for hydroxylation is 1. The fraction of sp³-hybridized carbons (Fsp3) is 0.211. The summed E-state index contributed by atoms with van der Waals surface area (Å²) >= 11 is 1.56. The summed E-state index contributed by atoms with van der Waals surface area (Å²) in [6.07, 6.45) is 7.60. The Labute approximate surface area is 154 Å². The van der Waals surface area contributed by atoms with Crippen molar-refractivity contribution in [1.82, 2.24) is 19.5 Å². The van der Waals surface area contributed by atoms with Gasteiger partial charge in [-0.3, -0.25) is 4.79 Å². The molecule has 0 atom stereocenters. The van der Waals surface area contributed by atoms with Crippen LogP contribution >= 0.6 is 11.3 Å². The Bertz CT molecular complexity index is 1020. The minimum absolute atomic E-state index is 0.0462. The van der Waals surface area contributed by atoms with Gasteiger partial charge in [-0.2, -0.15) is 0 Å². The van der Waals surface area contributed by atoms with Crippen molar-refractivity contribution in [3.63, 3.8) is 0 Å². The summed E-state index contributed by atoms with van der Waals surface area (Å²) in [4.78, 5) is 25.4. The predicted molar refractivity (Wildman–Crippen MR) is 101 cm³/mol. The second-order valence-electron chi connectivity index (χ2n) is 6.10. The number of ketones is 1. The molecular formula is C19H18N4O2S. The average molecular weight is 366 g/mol. The number of nitrogens with zero attached hydrogens (tertiary/aromatic N) is 3. The predicted octanol–water partition coefficient (Wildman–Crippen LogP) is 4.25. The normalized spacial score (nSPS) is 11.2. The van der Waals surface area contributed by atoms with Crippen molar-refractivity contribution in [2.75, 3.05) is 0 Å². The van der Waals surface area contributed by atoms with Gasteiger partial charge in [0.1, 0.15) is 22.6 Å². The number of Topliss-reactive ketones (excluding diaryl/α,β-unsaturated/α-hetero) is 1. The summed E-state index contributed by atoms with van der Waals surface area (Å²) in [5, 5.41) is 12.1. The van der Waals surface area contributed by atoms with Crippen LogP contribution in [0.1, 0.15) is 29.6 Å². The van der Waals surface area contributed by atoms with Gasteiger partial charge in [-0.05, 0) is 36.4 Å². The Hall–Kier alpha value is -2.93. The number of fused-ring (bicyclic) bond motifs is 1. The minimum atomic E-state index is 0.0462. The maximum absolute atomic E-state index is 12.7.